The Hall–Kier alpha value is -0.530. The molecule has 0 spiro atoms. The largest absolute Gasteiger partial charge is 0.370 e. The molecule has 0 aromatic heterocycles. The molecule has 4 heavy (non-hydrogen) atoms. The van der Waals surface area contributed by atoms with Gasteiger partial charge in [-0.05, 0) is 0 Å². The molecule has 0 radical (unpaired) electrons. The maximum atomic E-state index is 9.68. The number of hydrogen-bond donors (Lipinski definition) is 1. The van der Waals surface area contributed by atoms with Crippen LogP contribution in [0.3, 0.4) is 0 Å². The third kappa shape index (κ3) is 1.16. The SMILES string of the molecule is [2H]C([2H])([2H])C(N)=O. The summed E-state index contributed by atoms with van der Waals surface area (Å²) in [5.41, 5.74) is 4.37. The molecule has 0 bridgehead atoms. The second kappa shape index (κ2) is 0.875. The topological polar surface area (TPSA) is 43.1 Å². The van der Waals surface area contributed by atoms with Crippen LogP contribution in [0.4, 0.5) is 0 Å². The fraction of sp³-hybridized carbons (Fsp3) is 0.500. The van der Waals surface area contributed by atoms with Crippen LogP contribution in [0.5, 0.6) is 0 Å². The summed E-state index contributed by atoms with van der Waals surface area (Å²) in [5, 5.41) is 0. The minimum atomic E-state index is -2.61. The Morgan fingerprint density at radius 3 is 2.75 bits per heavy atom. The van der Waals surface area contributed by atoms with E-state index in [2.05, 4.69) is 5.73 Å². The summed E-state index contributed by atoms with van der Waals surface area (Å²) < 4.78 is 18.7. The Morgan fingerprint density at radius 1 is 2.50 bits per heavy atom. The Morgan fingerprint density at radius 2 is 2.75 bits per heavy atom. The number of rotatable bonds is 0. The monoisotopic (exact) mass is 62.1 g/mol. The highest BCUT2D eigenvalue weighted by molar-refractivity contribution is 5.70. The average Bonchev–Trinajstić information content (AvgIpc) is 1.31. The lowest BCUT2D eigenvalue weighted by Crippen LogP contribution is -2.01. The second-order valence-corrected chi connectivity index (χ2v) is 0.364. The van der Waals surface area contributed by atoms with Gasteiger partial charge in [-0.2, -0.15) is 0 Å². The first-order chi connectivity index (χ1) is 2.94. The van der Waals surface area contributed by atoms with Gasteiger partial charge in [-0.15, -0.1) is 0 Å². The van der Waals surface area contributed by atoms with E-state index in [4.69, 9.17) is 4.11 Å². The second-order valence-electron chi connectivity index (χ2n) is 0.364. The van der Waals surface area contributed by atoms with Gasteiger partial charge in [0, 0.05) is 11.0 Å². The Bertz CT molecular complexity index is 85.4. The number of hydrogen-bond acceptors (Lipinski definition) is 1. The molecule has 2 N–H and O–H groups in total. The molecule has 24 valence electrons. The maximum absolute atomic E-state index is 9.68. The molecule has 0 aromatic carbocycles. The van der Waals surface area contributed by atoms with Crippen molar-refractivity contribution in [1.29, 1.82) is 0 Å². The molecule has 0 rings (SSSR count). The van der Waals surface area contributed by atoms with Gasteiger partial charge >= 0.3 is 0 Å². The third-order valence-corrected chi connectivity index (χ3v) is 0. The summed E-state index contributed by atoms with van der Waals surface area (Å²) in [7, 11) is 0. The van der Waals surface area contributed by atoms with Crippen molar-refractivity contribution in [2.45, 2.75) is 6.85 Å². The fourth-order valence-electron chi connectivity index (χ4n) is 0. The van der Waals surface area contributed by atoms with Gasteiger partial charge in [0.2, 0.25) is 5.91 Å². The highest BCUT2D eigenvalue weighted by atomic mass is 16.1. The molecule has 0 aliphatic rings. The maximum Gasteiger partial charge on any atom is 0.214 e. The van der Waals surface area contributed by atoms with Gasteiger partial charge in [0.25, 0.3) is 0 Å². The van der Waals surface area contributed by atoms with E-state index in [9.17, 15) is 4.79 Å². The van der Waals surface area contributed by atoms with E-state index in [1.807, 2.05) is 0 Å². The third-order valence-electron chi connectivity index (χ3n) is 0. The molecule has 2 heteroatoms. The van der Waals surface area contributed by atoms with Crippen molar-refractivity contribution in [2.24, 2.45) is 5.73 Å². The molecule has 0 saturated heterocycles. The minimum Gasteiger partial charge on any atom is -0.370 e. The van der Waals surface area contributed by atoms with Crippen LogP contribution in [0.1, 0.15) is 11.0 Å². The zero-order valence-electron chi connectivity index (χ0n) is 4.99. The van der Waals surface area contributed by atoms with Crippen molar-refractivity contribution in [3.05, 3.63) is 0 Å². The van der Waals surface area contributed by atoms with E-state index in [-0.39, 0.29) is 0 Å². The molecule has 0 saturated carbocycles. The van der Waals surface area contributed by atoms with Gasteiger partial charge in [0.15, 0.2) is 0 Å². The highest BCUT2D eigenvalue weighted by Crippen LogP contribution is 1.33. The van der Waals surface area contributed by atoms with Gasteiger partial charge in [-0.25, -0.2) is 0 Å². The molecule has 0 aliphatic heterocycles. The molecule has 2 nitrogen and oxygen atoms in total. The van der Waals surface area contributed by atoms with E-state index < -0.39 is 12.8 Å². The first-order valence-electron chi connectivity index (χ1n) is 2.24. The first kappa shape index (κ1) is 0.708. The molecular weight excluding hydrogens is 54.0 g/mol. The summed E-state index contributed by atoms with van der Waals surface area (Å²) in [5.74, 6) is -1.26. The fourth-order valence-corrected chi connectivity index (χ4v) is 0. The van der Waals surface area contributed by atoms with Crippen molar-refractivity contribution in [2.75, 3.05) is 0 Å². The summed E-state index contributed by atoms with van der Waals surface area (Å²) in [4.78, 5) is 9.68. The zero-order valence-corrected chi connectivity index (χ0v) is 1.99. The van der Waals surface area contributed by atoms with E-state index in [1.165, 1.54) is 0 Å². The summed E-state index contributed by atoms with van der Waals surface area (Å²) >= 11 is 0. The Balaban J connectivity index is 3.79. The van der Waals surface area contributed by atoms with E-state index >= 15 is 0 Å². The van der Waals surface area contributed by atoms with Crippen molar-refractivity contribution in [3.8, 4) is 0 Å². The van der Waals surface area contributed by atoms with Crippen LogP contribution < -0.4 is 5.73 Å². The van der Waals surface area contributed by atoms with Crippen LogP contribution in [0, 0.1) is 0 Å². The lowest BCUT2D eigenvalue weighted by Gasteiger charge is -1.60. The number of nitrogens with two attached hydrogens (primary N) is 1. The molecule has 0 aromatic rings. The lowest BCUT2D eigenvalue weighted by molar-refractivity contribution is -0.115. The van der Waals surface area contributed by atoms with E-state index in [0.29, 0.717) is 0 Å². The summed E-state index contributed by atoms with van der Waals surface area (Å²) in [6, 6.07) is 0. The molecule has 0 unspecified atom stereocenters. The number of carbonyl (C=O) groups excluding carboxylic acids is 1. The quantitative estimate of drug-likeness (QED) is 0.403. The lowest BCUT2D eigenvalue weighted by atomic mass is 10.8. The number of carbonyl (C=O) groups is 1. The van der Waals surface area contributed by atoms with Crippen molar-refractivity contribution >= 4 is 5.91 Å². The van der Waals surface area contributed by atoms with Crippen molar-refractivity contribution in [3.63, 3.8) is 0 Å². The normalized spacial score (nSPS) is 20.5. The molecule has 0 fully saturated rings. The molecule has 1 amide bonds. The van der Waals surface area contributed by atoms with Gasteiger partial charge in [-0.3, -0.25) is 4.79 Å². The first-order valence-corrected chi connectivity index (χ1v) is 0.743. The average molecular weight is 62.1 g/mol. The highest BCUT2D eigenvalue weighted by Gasteiger charge is 1.61. The Kier molecular flexibility index (Phi) is 0.155. The van der Waals surface area contributed by atoms with Gasteiger partial charge in [0.1, 0.15) is 0 Å². The van der Waals surface area contributed by atoms with Crippen LogP contribution in [-0.2, 0) is 4.79 Å². The predicted octanol–water partition coefficient (Wildman–Crippen LogP) is -0.508. The standard InChI is InChI=1S/C2H5NO/c1-2(3)4/h1H3,(H2,3,4)/i1D3. The zero-order chi connectivity index (χ0) is 6.08. The van der Waals surface area contributed by atoms with E-state index in [1.54, 1.807) is 0 Å². The smallest absolute Gasteiger partial charge is 0.214 e. The predicted molar refractivity (Wildman–Crippen MR) is 14.9 cm³/mol. The van der Waals surface area contributed by atoms with Gasteiger partial charge in [-0.1, -0.05) is 0 Å². The molecule has 0 atom stereocenters. The van der Waals surface area contributed by atoms with Crippen LogP contribution in [0.2, 0.25) is 0 Å². The number of primary amides is 1. The van der Waals surface area contributed by atoms with Crippen molar-refractivity contribution < 1.29 is 8.91 Å². The minimum absolute atomic E-state index is 1.26. The van der Waals surface area contributed by atoms with Crippen LogP contribution in [0.25, 0.3) is 0 Å². The van der Waals surface area contributed by atoms with Crippen molar-refractivity contribution in [1.82, 2.24) is 0 Å². The van der Waals surface area contributed by atoms with Gasteiger partial charge in [0.05, 0.1) is 0 Å². The van der Waals surface area contributed by atoms with Crippen LogP contribution in [-0.4, -0.2) is 5.91 Å². The van der Waals surface area contributed by atoms with Gasteiger partial charge < -0.3 is 5.73 Å². The van der Waals surface area contributed by atoms with Crippen LogP contribution >= 0.6 is 0 Å². The summed E-state index contributed by atoms with van der Waals surface area (Å²) in [6.07, 6.45) is 0. The van der Waals surface area contributed by atoms with E-state index in [0.717, 1.165) is 0 Å². The molecule has 0 heterocycles. The summed E-state index contributed by atoms with van der Waals surface area (Å²) in [6.45, 7) is -2.61. The number of amides is 1. The Labute approximate surface area is 28.8 Å². The van der Waals surface area contributed by atoms with Crippen LogP contribution in [0.15, 0.2) is 0 Å². The molecular formula is C2H5NO. The molecule has 0 aliphatic carbocycles.